The van der Waals surface area contributed by atoms with Crippen molar-refractivity contribution in [2.75, 3.05) is 43.1 Å². The topological polar surface area (TPSA) is 15.7 Å². The molecule has 4 aromatic carbocycles. The molecule has 0 unspecified atom stereocenters. The van der Waals surface area contributed by atoms with Crippen molar-refractivity contribution in [3.63, 3.8) is 0 Å². The van der Waals surface area contributed by atoms with Crippen LogP contribution in [0.4, 0.5) is 11.4 Å². The third kappa shape index (κ3) is 4.80. The number of fused-ring (bicyclic) bond motifs is 1. The average Bonchev–Trinajstić information content (AvgIpc) is 2.91. The normalized spacial score (nSPS) is 11.1. The zero-order valence-corrected chi connectivity index (χ0v) is 23.9. The number of hydrogen-bond acceptors (Lipinski definition) is 3. The molecule has 0 spiro atoms. The van der Waals surface area contributed by atoms with Crippen molar-refractivity contribution in [3.05, 3.63) is 77.4 Å². The number of benzene rings is 4. The smallest absolute Gasteiger partial charge is 0.135 e. The molecule has 37 heavy (non-hydrogen) atoms. The lowest BCUT2D eigenvalue weighted by atomic mass is 9.83. The van der Waals surface area contributed by atoms with Gasteiger partial charge in [-0.15, -0.1) is 0 Å². The van der Waals surface area contributed by atoms with Crippen molar-refractivity contribution in [2.24, 2.45) is 0 Å². The van der Waals surface area contributed by atoms with Gasteiger partial charge in [-0.1, -0.05) is 36.4 Å². The largest absolute Gasteiger partial charge is 0.495 e. The van der Waals surface area contributed by atoms with Crippen molar-refractivity contribution >= 4 is 22.1 Å². The number of methoxy groups -OCH3 is 1. The highest BCUT2D eigenvalue weighted by Gasteiger charge is 2.23. The molecule has 0 saturated carbocycles. The van der Waals surface area contributed by atoms with Crippen molar-refractivity contribution in [1.82, 2.24) is 0 Å². The predicted molar refractivity (Wildman–Crippen MR) is 163 cm³/mol. The van der Waals surface area contributed by atoms with E-state index in [0.29, 0.717) is 0 Å². The third-order valence-electron chi connectivity index (χ3n) is 7.85. The Kier molecular flexibility index (Phi) is 8.12. The minimum atomic E-state index is 0.946. The number of aryl methyl sites for hydroxylation is 3. The van der Waals surface area contributed by atoms with Gasteiger partial charge < -0.3 is 14.5 Å². The van der Waals surface area contributed by atoms with Gasteiger partial charge in [-0.25, -0.2) is 0 Å². The molecule has 0 bridgehead atoms. The number of ether oxygens (including phenoxy) is 1. The molecule has 3 heteroatoms. The van der Waals surface area contributed by atoms with Crippen LogP contribution in [0.15, 0.2) is 60.7 Å². The van der Waals surface area contributed by atoms with Gasteiger partial charge in [0.05, 0.1) is 7.11 Å². The Morgan fingerprint density at radius 2 is 1.05 bits per heavy atom. The number of hydrogen-bond donors (Lipinski definition) is 0. The summed E-state index contributed by atoms with van der Waals surface area (Å²) < 4.78 is 6.22. The van der Waals surface area contributed by atoms with E-state index in [1.165, 1.54) is 55.7 Å². The van der Waals surface area contributed by atoms with Crippen molar-refractivity contribution in [3.8, 4) is 28.0 Å². The molecule has 0 saturated heterocycles. The van der Waals surface area contributed by atoms with Crippen LogP contribution < -0.4 is 14.5 Å². The quantitative estimate of drug-likeness (QED) is 0.231. The van der Waals surface area contributed by atoms with Crippen LogP contribution in [-0.2, 0) is 0 Å². The molecule has 4 aromatic rings. The summed E-state index contributed by atoms with van der Waals surface area (Å²) in [5.74, 6) is 0.946. The van der Waals surface area contributed by atoms with E-state index in [9.17, 15) is 0 Å². The van der Waals surface area contributed by atoms with E-state index >= 15 is 0 Å². The first-order valence-corrected chi connectivity index (χ1v) is 13.7. The lowest BCUT2D eigenvalue weighted by Gasteiger charge is -2.26. The maximum Gasteiger partial charge on any atom is 0.135 e. The summed E-state index contributed by atoms with van der Waals surface area (Å²) in [4.78, 5) is 4.80. The SMILES string of the molecule is CCN(CC)c1ccc(-c2c(-c3ccc(N(CC)CC)cc3C)c(OC)c3ccccc3c2C)c(C)c1. The number of rotatable bonds is 9. The van der Waals surface area contributed by atoms with Gasteiger partial charge in [-0.3, -0.25) is 0 Å². The molecule has 0 amide bonds. The molecule has 0 aliphatic heterocycles. The molecule has 0 aromatic heterocycles. The second-order valence-corrected chi connectivity index (χ2v) is 9.80. The maximum atomic E-state index is 6.22. The molecule has 194 valence electrons. The molecule has 4 rings (SSSR count). The van der Waals surface area contributed by atoms with Crippen LogP contribution in [-0.4, -0.2) is 33.3 Å². The fourth-order valence-corrected chi connectivity index (χ4v) is 5.81. The van der Waals surface area contributed by atoms with Crippen LogP contribution >= 0.6 is 0 Å². The summed E-state index contributed by atoms with van der Waals surface area (Å²) in [7, 11) is 1.81. The minimum absolute atomic E-state index is 0.946. The van der Waals surface area contributed by atoms with Crippen molar-refractivity contribution < 1.29 is 4.74 Å². The van der Waals surface area contributed by atoms with Gasteiger partial charge in [0, 0.05) is 48.5 Å². The summed E-state index contributed by atoms with van der Waals surface area (Å²) in [6, 6.07) is 22.4. The highest BCUT2D eigenvalue weighted by molar-refractivity contribution is 6.06. The standard InChI is InChI=1S/C34H42N2O/c1-9-35(10-2)26-17-19-28(23(5)21-26)32-25(7)30-15-13-14-16-31(30)34(37-8)33(32)29-20-18-27(22-24(29)6)36(11-3)12-4/h13-22H,9-12H2,1-8H3. The minimum Gasteiger partial charge on any atom is -0.495 e. The first-order valence-electron chi connectivity index (χ1n) is 13.7. The van der Waals surface area contributed by atoms with E-state index in [2.05, 4.69) is 119 Å². The number of anilines is 2. The summed E-state index contributed by atoms with van der Waals surface area (Å²) >= 11 is 0. The van der Waals surface area contributed by atoms with E-state index in [1.807, 2.05) is 0 Å². The Morgan fingerprint density at radius 1 is 0.595 bits per heavy atom. The first-order chi connectivity index (χ1) is 17.9. The summed E-state index contributed by atoms with van der Waals surface area (Å²) in [6.07, 6.45) is 0. The molecule has 0 aliphatic carbocycles. The Bertz CT molecular complexity index is 1400. The molecule has 0 radical (unpaired) electrons. The van der Waals surface area contributed by atoms with Crippen LogP contribution in [0, 0.1) is 20.8 Å². The molecular weight excluding hydrogens is 452 g/mol. The third-order valence-corrected chi connectivity index (χ3v) is 7.85. The lowest BCUT2D eigenvalue weighted by molar-refractivity contribution is 0.421. The molecule has 0 heterocycles. The van der Waals surface area contributed by atoms with E-state index < -0.39 is 0 Å². The van der Waals surface area contributed by atoms with E-state index in [-0.39, 0.29) is 0 Å². The highest BCUT2D eigenvalue weighted by Crippen LogP contribution is 2.49. The van der Waals surface area contributed by atoms with Crippen LogP contribution in [0.5, 0.6) is 5.75 Å². The van der Waals surface area contributed by atoms with Crippen molar-refractivity contribution in [1.29, 1.82) is 0 Å². The van der Waals surface area contributed by atoms with E-state index in [0.717, 1.165) is 37.3 Å². The fraction of sp³-hybridized carbons (Fsp3) is 0.353. The number of nitrogens with zero attached hydrogens (tertiary/aromatic N) is 2. The Morgan fingerprint density at radius 3 is 1.49 bits per heavy atom. The van der Waals surface area contributed by atoms with Gasteiger partial charge in [0.15, 0.2) is 0 Å². The summed E-state index contributed by atoms with van der Waals surface area (Å²) in [5, 5.41) is 2.40. The first kappa shape index (κ1) is 26.6. The predicted octanol–water partition coefficient (Wildman–Crippen LogP) is 8.80. The van der Waals surface area contributed by atoms with Gasteiger partial charge in [0.2, 0.25) is 0 Å². The highest BCUT2D eigenvalue weighted by atomic mass is 16.5. The van der Waals surface area contributed by atoms with Gasteiger partial charge in [-0.2, -0.15) is 0 Å². The van der Waals surface area contributed by atoms with Gasteiger partial charge >= 0.3 is 0 Å². The summed E-state index contributed by atoms with van der Waals surface area (Å²) in [5.41, 5.74) is 11.3. The molecule has 0 fully saturated rings. The zero-order chi connectivity index (χ0) is 26.7. The Hall–Kier alpha value is -3.46. The second kappa shape index (κ2) is 11.3. The van der Waals surface area contributed by atoms with E-state index in [1.54, 1.807) is 7.11 Å². The average molecular weight is 495 g/mol. The van der Waals surface area contributed by atoms with Crippen LogP contribution in [0.2, 0.25) is 0 Å². The van der Waals surface area contributed by atoms with E-state index in [4.69, 9.17) is 4.74 Å². The zero-order valence-electron chi connectivity index (χ0n) is 23.9. The van der Waals surface area contributed by atoms with Crippen LogP contribution in [0.1, 0.15) is 44.4 Å². The molecule has 0 aliphatic rings. The van der Waals surface area contributed by atoms with Crippen molar-refractivity contribution in [2.45, 2.75) is 48.5 Å². The molecule has 0 atom stereocenters. The molecular formula is C34H42N2O. The van der Waals surface area contributed by atoms with Gasteiger partial charge in [0.1, 0.15) is 5.75 Å². The maximum absolute atomic E-state index is 6.22. The summed E-state index contributed by atoms with van der Waals surface area (Å²) in [6.45, 7) is 19.6. The Labute approximate surface area is 223 Å². The van der Waals surface area contributed by atoms with Gasteiger partial charge in [-0.05, 0) is 111 Å². The fourth-order valence-electron chi connectivity index (χ4n) is 5.81. The molecule has 0 N–H and O–H groups in total. The second-order valence-electron chi connectivity index (χ2n) is 9.80. The Balaban J connectivity index is 2.06. The lowest BCUT2D eigenvalue weighted by Crippen LogP contribution is -2.21. The van der Waals surface area contributed by atoms with Gasteiger partial charge in [0.25, 0.3) is 0 Å². The monoisotopic (exact) mass is 494 g/mol. The molecule has 3 nitrogen and oxygen atoms in total. The van der Waals surface area contributed by atoms with Crippen LogP contribution in [0.25, 0.3) is 33.0 Å². The van der Waals surface area contributed by atoms with Crippen LogP contribution in [0.3, 0.4) is 0 Å².